The third-order valence-electron chi connectivity index (χ3n) is 2.68. The molecule has 0 aliphatic rings. The van der Waals surface area contributed by atoms with Gasteiger partial charge in [0.25, 0.3) is 0 Å². The lowest BCUT2D eigenvalue weighted by molar-refractivity contribution is 0.167. The fourth-order valence-electron chi connectivity index (χ4n) is 1.64. The van der Waals surface area contributed by atoms with E-state index in [1.165, 1.54) is 0 Å². The summed E-state index contributed by atoms with van der Waals surface area (Å²) in [5.41, 5.74) is 6.29. The average Bonchev–Trinajstić information content (AvgIpc) is 2.37. The lowest BCUT2D eigenvalue weighted by Gasteiger charge is -2.10. The highest BCUT2D eigenvalue weighted by Gasteiger charge is 2.08. The van der Waals surface area contributed by atoms with Gasteiger partial charge >= 0.3 is 0 Å². The summed E-state index contributed by atoms with van der Waals surface area (Å²) in [5.74, 6) is 0. The van der Waals surface area contributed by atoms with E-state index in [9.17, 15) is 5.11 Å². The van der Waals surface area contributed by atoms with Crippen molar-refractivity contribution in [2.75, 3.05) is 13.7 Å². The quantitative estimate of drug-likeness (QED) is 0.752. The van der Waals surface area contributed by atoms with E-state index in [1.54, 1.807) is 19.4 Å². The van der Waals surface area contributed by atoms with Gasteiger partial charge in [-0.25, -0.2) is 0 Å². The average molecular weight is 236 g/mol. The maximum atomic E-state index is 9.89. The van der Waals surface area contributed by atoms with E-state index in [0.717, 1.165) is 16.1 Å². The van der Waals surface area contributed by atoms with Gasteiger partial charge in [-0.1, -0.05) is 6.08 Å². The molecule has 0 amide bonds. The number of aromatic nitrogens is 1. The van der Waals surface area contributed by atoms with Crippen molar-refractivity contribution in [3.05, 3.63) is 28.4 Å². The molecular weight excluding hydrogens is 216 g/mol. The molecule has 0 radical (unpaired) electrons. The molecule has 0 saturated carbocycles. The zero-order valence-electron chi connectivity index (χ0n) is 10.6. The van der Waals surface area contributed by atoms with Crippen LogP contribution < -0.4 is 16.3 Å². The maximum absolute atomic E-state index is 9.89. The molecular formula is C13H20N2O2. The zero-order valence-corrected chi connectivity index (χ0v) is 10.6. The van der Waals surface area contributed by atoms with Gasteiger partial charge in [-0.05, 0) is 31.6 Å². The predicted molar refractivity (Wildman–Crippen MR) is 68.6 cm³/mol. The Kier molecular flexibility index (Phi) is 5.28. The van der Waals surface area contributed by atoms with Gasteiger partial charge in [-0.2, -0.15) is 0 Å². The lowest BCUT2D eigenvalue weighted by atomic mass is 10.1. The minimum absolute atomic E-state index is 0.0402. The number of ether oxygens (including phenoxy) is 1. The van der Waals surface area contributed by atoms with Crippen LogP contribution in [0.15, 0.2) is 12.3 Å². The Morgan fingerprint density at radius 3 is 2.82 bits per heavy atom. The minimum atomic E-state index is -0.674. The molecule has 0 bridgehead atoms. The number of hydrogen-bond donors (Lipinski definition) is 2. The molecule has 1 heterocycles. The van der Waals surface area contributed by atoms with Gasteiger partial charge in [0.05, 0.1) is 17.6 Å². The molecule has 94 valence electrons. The number of methoxy groups -OCH3 is 1. The second-order valence-electron chi connectivity index (χ2n) is 3.85. The predicted octanol–water partition coefficient (Wildman–Crippen LogP) is -0.310. The van der Waals surface area contributed by atoms with Crippen LogP contribution in [0.1, 0.15) is 25.5 Å². The van der Waals surface area contributed by atoms with Crippen LogP contribution in [0.2, 0.25) is 0 Å². The van der Waals surface area contributed by atoms with Gasteiger partial charge in [0.2, 0.25) is 0 Å². The molecule has 1 aromatic heterocycles. The summed E-state index contributed by atoms with van der Waals surface area (Å²) < 4.78 is 5.21. The molecule has 0 fully saturated rings. The number of aliphatic hydroxyl groups is 1. The van der Waals surface area contributed by atoms with E-state index in [1.807, 2.05) is 26.0 Å². The maximum Gasteiger partial charge on any atom is 0.0919 e. The Hall–Kier alpha value is -1.23. The van der Waals surface area contributed by atoms with Gasteiger partial charge in [0.1, 0.15) is 0 Å². The summed E-state index contributed by atoms with van der Waals surface area (Å²) >= 11 is 0. The van der Waals surface area contributed by atoms with E-state index >= 15 is 0 Å². The number of aliphatic hydroxyl groups excluding tert-OH is 1. The molecule has 17 heavy (non-hydrogen) atoms. The van der Waals surface area contributed by atoms with Gasteiger partial charge in [0, 0.05) is 25.1 Å². The molecule has 0 saturated heterocycles. The van der Waals surface area contributed by atoms with Gasteiger partial charge < -0.3 is 15.6 Å². The Balaban J connectivity index is 3.47. The molecule has 0 aromatic carbocycles. The molecule has 1 aromatic rings. The summed E-state index contributed by atoms with van der Waals surface area (Å²) in [6.45, 7) is 4.04. The van der Waals surface area contributed by atoms with Crippen molar-refractivity contribution >= 4 is 12.2 Å². The van der Waals surface area contributed by atoms with Crippen molar-refractivity contribution in [3.8, 4) is 0 Å². The van der Waals surface area contributed by atoms with Crippen LogP contribution in [0.25, 0.3) is 12.2 Å². The molecule has 0 aliphatic carbocycles. The molecule has 4 heteroatoms. The Morgan fingerprint density at radius 2 is 2.29 bits per heavy atom. The SMILES string of the molecule is C/C=c1/nccc([C@@H](O)CN)/c1=C/C(C)OC. The fraction of sp³-hybridized carbons (Fsp3) is 0.462. The standard InChI is InChI=1S/C13H20N2O2/c1-4-12-11(7-9(2)17-3)10(5-6-15-12)13(16)8-14/h4-7,9,13,16H,8,14H2,1-3H3/b11-7-,12-4+/t9?,13-/m0/s1. The smallest absolute Gasteiger partial charge is 0.0919 e. The van der Waals surface area contributed by atoms with Gasteiger partial charge in [-0.3, -0.25) is 4.98 Å². The normalized spacial score (nSPS) is 17.2. The molecule has 4 nitrogen and oxygen atoms in total. The zero-order chi connectivity index (χ0) is 12.8. The Morgan fingerprint density at radius 1 is 1.59 bits per heavy atom. The Labute approximate surface area is 101 Å². The third kappa shape index (κ3) is 3.36. The number of nitrogens with zero attached hydrogens (tertiary/aromatic N) is 1. The van der Waals surface area contributed by atoms with Crippen molar-refractivity contribution in [3.63, 3.8) is 0 Å². The molecule has 0 spiro atoms. The van der Waals surface area contributed by atoms with Crippen LogP contribution >= 0.6 is 0 Å². The lowest BCUT2D eigenvalue weighted by Crippen LogP contribution is -2.35. The minimum Gasteiger partial charge on any atom is -0.387 e. The van der Waals surface area contributed by atoms with Crippen molar-refractivity contribution in [1.29, 1.82) is 0 Å². The summed E-state index contributed by atoms with van der Waals surface area (Å²) in [6, 6.07) is 1.79. The molecule has 1 rings (SSSR count). The van der Waals surface area contributed by atoms with Crippen molar-refractivity contribution < 1.29 is 9.84 Å². The van der Waals surface area contributed by atoms with E-state index in [-0.39, 0.29) is 12.6 Å². The largest absolute Gasteiger partial charge is 0.387 e. The van der Waals surface area contributed by atoms with Crippen LogP contribution in [-0.4, -0.2) is 29.8 Å². The van der Waals surface area contributed by atoms with Crippen molar-refractivity contribution in [1.82, 2.24) is 4.98 Å². The first-order valence-corrected chi connectivity index (χ1v) is 5.68. The number of rotatable bonds is 4. The molecule has 0 aliphatic heterocycles. The van der Waals surface area contributed by atoms with E-state index in [4.69, 9.17) is 10.5 Å². The summed E-state index contributed by atoms with van der Waals surface area (Å²) in [6.07, 6.45) is 4.81. The Bertz CT molecular complexity index is 471. The first kappa shape index (κ1) is 13.8. The number of pyridine rings is 1. The number of nitrogens with two attached hydrogens (primary N) is 1. The van der Waals surface area contributed by atoms with E-state index < -0.39 is 6.10 Å². The van der Waals surface area contributed by atoms with Gasteiger partial charge in [-0.15, -0.1) is 0 Å². The second-order valence-corrected chi connectivity index (χ2v) is 3.85. The highest BCUT2D eigenvalue weighted by Crippen LogP contribution is 2.03. The summed E-state index contributed by atoms with van der Waals surface area (Å²) in [5, 5.41) is 11.6. The third-order valence-corrected chi connectivity index (χ3v) is 2.68. The van der Waals surface area contributed by atoms with Crippen LogP contribution in [0, 0.1) is 0 Å². The topological polar surface area (TPSA) is 68.4 Å². The van der Waals surface area contributed by atoms with Crippen molar-refractivity contribution in [2.24, 2.45) is 5.73 Å². The highest BCUT2D eigenvalue weighted by molar-refractivity contribution is 5.35. The molecule has 2 atom stereocenters. The van der Waals surface area contributed by atoms with Crippen LogP contribution in [0.3, 0.4) is 0 Å². The summed E-state index contributed by atoms with van der Waals surface area (Å²) in [7, 11) is 1.64. The van der Waals surface area contributed by atoms with Crippen LogP contribution in [0.5, 0.6) is 0 Å². The molecule has 1 unspecified atom stereocenters. The number of hydrogen-bond acceptors (Lipinski definition) is 4. The van der Waals surface area contributed by atoms with Gasteiger partial charge in [0.15, 0.2) is 0 Å². The van der Waals surface area contributed by atoms with Crippen molar-refractivity contribution in [2.45, 2.75) is 26.1 Å². The van der Waals surface area contributed by atoms with E-state index in [0.29, 0.717) is 0 Å². The monoisotopic (exact) mass is 236 g/mol. The highest BCUT2D eigenvalue weighted by atomic mass is 16.5. The first-order valence-electron chi connectivity index (χ1n) is 5.68. The second kappa shape index (κ2) is 6.49. The van der Waals surface area contributed by atoms with Crippen LogP contribution in [0.4, 0.5) is 0 Å². The molecule has 3 N–H and O–H groups in total. The van der Waals surface area contributed by atoms with Crippen LogP contribution in [-0.2, 0) is 4.74 Å². The first-order chi connectivity index (χ1) is 8.13. The fourth-order valence-corrected chi connectivity index (χ4v) is 1.64. The summed E-state index contributed by atoms with van der Waals surface area (Å²) in [4.78, 5) is 4.27. The van der Waals surface area contributed by atoms with E-state index in [2.05, 4.69) is 4.98 Å².